The largest absolute Gasteiger partial charge is 0.350 e. The highest BCUT2D eigenvalue weighted by atomic mass is 19.1. The number of hydrogen-bond acceptors (Lipinski definition) is 3. The topological polar surface area (TPSA) is 49.4 Å². The third-order valence-corrected chi connectivity index (χ3v) is 4.55. The molecular formula is C23H17FN2O2. The lowest BCUT2D eigenvalue weighted by Gasteiger charge is -2.15. The molecule has 1 N–H and O–H groups in total. The van der Waals surface area contributed by atoms with E-state index in [4.69, 9.17) is 0 Å². The predicted octanol–water partition coefficient (Wildman–Crippen LogP) is 4.53. The minimum atomic E-state index is -0.447. The summed E-state index contributed by atoms with van der Waals surface area (Å²) in [5.41, 5.74) is 3.07. The van der Waals surface area contributed by atoms with Crippen molar-refractivity contribution < 1.29 is 14.0 Å². The van der Waals surface area contributed by atoms with Gasteiger partial charge in [0.25, 0.3) is 11.8 Å². The molecule has 0 atom stereocenters. The molecule has 0 aromatic heterocycles. The first kappa shape index (κ1) is 17.7. The Morgan fingerprint density at radius 1 is 0.786 bits per heavy atom. The average molecular weight is 372 g/mol. The normalized spacial score (nSPS) is 14.0. The van der Waals surface area contributed by atoms with Crippen LogP contribution in [-0.2, 0) is 9.59 Å². The molecule has 0 spiro atoms. The molecular weight excluding hydrogens is 355 g/mol. The Labute approximate surface area is 161 Å². The van der Waals surface area contributed by atoms with Crippen LogP contribution in [0.25, 0.3) is 5.57 Å². The molecule has 4 nitrogen and oxygen atoms in total. The molecule has 0 radical (unpaired) electrons. The van der Waals surface area contributed by atoms with Crippen LogP contribution in [-0.4, -0.2) is 11.8 Å². The van der Waals surface area contributed by atoms with Crippen LogP contribution in [0.15, 0.2) is 84.6 Å². The summed E-state index contributed by atoms with van der Waals surface area (Å²) in [7, 11) is 0. The number of aryl methyl sites for hydroxylation is 1. The second-order valence-electron chi connectivity index (χ2n) is 6.53. The summed E-state index contributed by atoms with van der Waals surface area (Å²) < 4.78 is 13.4. The van der Waals surface area contributed by atoms with Crippen molar-refractivity contribution in [2.24, 2.45) is 0 Å². The first-order valence-electron chi connectivity index (χ1n) is 8.82. The Kier molecular flexibility index (Phi) is 4.49. The number of amides is 2. The molecule has 1 aliphatic heterocycles. The molecule has 0 unspecified atom stereocenters. The Bertz CT molecular complexity index is 1070. The third kappa shape index (κ3) is 3.18. The van der Waals surface area contributed by atoms with E-state index in [2.05, 4.69) is 5.32 Å². The highest BCUT2D eigenvalue weighted by molar-refractivity contribution is 6.46. The van der Waals surface area contributed by atoms with E-state index in [1.807, 2.05) is 49.4 Å². The summed E-state index contributed by atoms with van der Waals surface area (Å²) in [6, 6.07) is 21.8. The maximum absolute atomic E-state index is 13.4. The van der Waals surface area contributed by atoms with Crippen LogP contribution in [0.2, 0.25) is 0 Å². The quantitative estimate of drug-likeness (QED) is 0.685. The summed E-state index contributed by atoms with van der Waals surface area (Å²) in [6.45, 7) is 1.93. The number of anilines is 2. The first-order chi connectivity index (χ1) is 13.5. The van der Waals surface area contributed by atoms with Crippen molar-refractivity contribution >= 4 is 28.8 Å². The van der Waals surface area contributed by atoms with Gasteiger partial charge in [0, 0.05) is 5.69 Å². The zero-order chi connectivity index (χ0) is 19.7. The van der Waals surface area contributed by atoms with Gasteiger partial charge in [0.1, 0.15) is 11.5 Å². The number of nitrogens with one attached hydrogen (secondary N) is 1. The number of benzene rings is 3. The molecule has 0 aliphatic carbocycles. The monoisotopic (exact) mass is 372 g/mol. The summed E-state index contributed by atoms with van der Waals surface area (Å²) in [4.78, 5) is 27.5. The van der Waals surface area contributed by atoms with Crippen LogP contribution in [0, 0.1) is 12.7 Å². The zero-order valence-corrected chi connectivity index (χ0v) is 15.1. The van der Waals surface area contributed by atoms with Crippen LogP contribution in [0.3, 0.4) is 0 Å². The lowest BCUT2D eigenvalue weighted by molar-refractivity contribution is -0.120. The summed E-state index contributed by atoms with van der Waals surface area (Å²) >= 11 is 0. The van der Waals surface area contributed by atoms with E-state index < -0.39 is 17.6 Å². The Hall–Kier alpha value is -3.73. The molecule has 5 heteroatoms. The smallest absolute Gasteiger partial charge is 0.282 e. The molecule has 0 bridgehead atoms. The fourth-order valence-corrected chi connectivity index (χ4v) is 3.12. The van der Waals surface area contributed by atoms with Gasteiger partial charge in [-0.25, -0.2) is 9.29 Å². The number of rotatable bonds is 4. The zero-order valence-electron chi connectivity index (χ0n) is 15.1. The van der Waals surface area contributed by atoms with Gasteiger partial charge in [-0.2, -0.15) is 0 Å². The van der Waals surface area contributed by atoms with E-state index in [0.29, 0.717) is 16.9 Å². The maximum atomic E-state index is 13.4. The van der Waals surface area contributed by atoms with Crippen LogP contribution >= 0.6 is 0 Å². The number of hydrogen-bond donors (Lipinski definition) is 1. The second-order valence-corrected chi connectivity index (χ2v) is 6.53. The summed E-state index contributed by atoms with van der Waals surface area (Å²) in [5, 5.41) is 3.07. The molecule has 1 heterocycles. The van der Waals surface area contributed by atoms with Crippen LogP contribution in [0.1, 0.15) is 11.1 Å². The van der Waals surface area contributed by atoms with E-state index in [1.54, 1.807) is 12.1 Å². The van der Waals surface area contributed by atoms with E-state index in [9.17, 15) is 14.0 Å². The summed E-state index contributed by atoms with van der Waals surface area (Å²) in [6.07, 6.45) is 0. The number of halogens is 1. The SMILES string of the molecule is Cc1ccc(N2C(=O)C(Nc3ccccc3)=C(c3ccc(F)cc3)C2=O)cc1. The molecule has 1 aliphatic rings. The van der Waals surface area contributed by atoms with Gasteiger partial charge in [0.2, 0.25) is 0 Å². The fraction of sp³-hybridized carbons (Fsp3) is 0.0435. The molecule has 28 heavy (non-hydrogen) atoms. The minimum absolute atomic E-state index is 0.170. The fourth-order valence-electron chi connectivity index (χ4n) is 3.12. The molecule has 4 rings (SSSR count). The number of para-hydroxylation sites is 1. The molecule has 3 aromatic rings. The van der Waals surface area contributed by atoms with Gasteiger partial charge in [-0.1, -0.05) is 48.0 Å². The highest BCUT2D eigenvalue weighted by Crippen LogP contribution is 2.33. The average Bonchev–Trinajstić information content (AvgIpc) is 2.94. The van der Waals surface area contributed by atoms with E-state index in [1.165, 1.54) is 24.3 Å². The van der Waals surface area contributed by atoms with E-state index in [0.717, 1.165) is 10.5 Å². The van der Waals surface area contributed by atoms with Gasteiger partial charge in [-0.3, -0.25) is 9.59 Å². The van der Waals surface area contributed by atoms with Crippen molar-refractivity contribution in [2.75, 3.05) is 10.2 Å². The van der Waals surface area contributed by atoms with Gasteiger partial charge in [0.05, 0.1) is 11.3 Å². The number of carbonyl (C=O) groups is 2. The minimum Gasteiger partial charge on any atom is -0.350 e. The Balaban J connectivity index is 1.81. The Morgan fingerprint density at radius 3 is 2.07 bits per heavy atom. The van der Waals surface area contributed by atoms with Crippen molar-refractivity contribution in [2.45, 2.75) is 6.92 Å². The molecule has 0 saturated carbocycles. The second kappa shape index (κ2) is 7.12. The van der Waals surface area contributed by atoms with Gasteiger partial charge >= 0.3 is 0 Å². The van der Waals surface area contributed by atoms with Crippen LogP contribution in [0.4, 0.5) is 15.8 Å². The van der Waals surface area contributed by atoms with Gasteiger partial charge in [-0.15, -0.1) is 0 Å². The first-order valence-corrected chi connectivity index (χ1v) is 8.82. The lowest BCUT2D eigenvalue weighted by atomic mass is 10.0. The van der Waals surface area contributed by atoms with E-state index in [-0.39, 0.29) is 11.3 Å². The lowest BCUT2D eigenvalue weighted by Crippen LogP contribution is -2.32. The van der Waals surface area contributed by atoms with Crippen molar-refractivity contribution in [1.29, 1.82) is 0 Å². The number of carbonyl (C=O) groups excluding carboxylic acids is 2. The van der Waals surface area contributed by atoms with Crippen molar-refractivity contribution in [3.8, 4) is 0 Å². The van der Waals surface area contributed by atoms with Gasteiger partial charge in [-0.05, 0) is 48.9 Å². The standard InChI is InChI=1S/C23H17FN2O2/c1-15-7-13-19(14-8-15)26-22(27)20(16-9-11-17(24)12-10-16)21(23(26)28)25-18-5-3-2-4-6-18/h2-14,25H,1H3. The molecule has 0 fully saturated rings. The van der Waals surface area contributed by atoms with Crippen LogP contribution < -0.4 is 10.2 Å². The van der Waals surface area contributed by atoms with E-state index >= 15 is 0 Å². The molecule has 138 valence electrons. The predicted molar refractivity (Wildman–Crippen MR) is 107 cm³/mol. The maximum Gasteiger partial charge on any atom is 0.282 e. The molecule has 2 amide bonds. The third-order valence-electron chi connectivity index (χ3n) is 4.55. The van der Waals surface area contributed by atoms with Crippen molar-refractivity contribution in [1.82, 2.24) is 0 Å². The number of nitrogens with zero attached hydrogens (tertiary/aromatic N) is 1. The van der Waals surface area contributed by atoms with Crippen molar-refractivity contribution in [3.63, 3.8) is 0 Å². The molecule has 3 aromatic carbocycles. The van der Waals surface area contributed by atoms with Gasteiger partial charge < -0.3 is 5.32 Å². The number of imide groups is 1. The summed E-state index contributed by atoms with van der Waals surface area (Å²) in [5.74, 6) is -1.30. The van der Waals surface area contributed by atoms with Crippen LogP contribution in [0.5, 0.6) is 0 Å². The van der Waals surface area contributed by atoms with Crippen molar-refractivity contribution in [3.05, 3.63) is 102 Å². The van der Waals surface area contributed by atoms with Gasteiger partial charge in [0.15, 0.2) is 0 Å². The Morgan fingerprint density at radius 2 is 1.43 bits per heavy atom. The highest BCUT2D eigenvalue weighted by Gasteiger charge is 2.40. The molecule has 0 saturated heterocycles.